The van der Waals surface area contributed by atoms with E-state index in [1.54, 1.807) is 6.07 Å². The third-order valence-electron chi connectivity index (χ3n) is 2.28. The number of hydrogen-bond donors (Lipinski definition) is 1. The molecule has 4 heteroatoms. The molecule has 0 amide bonds. The van der Waals surface area contributed by atoms with Gasteiger partial charge in [0.05, 0.1) is 11.5 Å². The fourth-order valence-electron chi connectivity index (χ4n) is 1.56. The highest BCUT2D eigenvalue weighted by Crippen LogP contribution is 2.28. The van der Waals surface area contributed by atoms with Crippen molar-refractivity contribution in [1.29, 1.82) is 0 Å². The van der Waals surface area contributed by atoms with Crippen LogP contribution in [0.3, 0.4) is 0 Å². The van der Waals surface area contributed by atoms with Gasteiger partial charge in [-0.25, -0.2) is 0 Å². The average molecular weight is 209 g/mol. The Morgan fingerprint density at radius 3 is 2.40 bits per heavy atom. The second-order valence-electron chi connectivity index (χ2n) is 4.51. The number of non-ortho nitro benzene ring substituents is 1. The SMILES string of the molecule is CC(C)(C)c1ccc([N+](=O)[O-])cc1CO. The van der Waals surface area contributed by atoms with E-state index < -0.39 is 4.92 Å². The summed E-state index contributed by atoms with van der Waals surface area (Å²) in [6.45, 7) is 5.85. The topological polar surface area (TPSA) is 63.4 Å². The molecule has 0 unspecified atom stereocenters. The lowest BCUT2D eigenvalue weighted by Crippen LogP contribution is -2.14. The summed E-state index contributed by atoms with van der Waals surface area (Å²) in [6, 6.07) is 4.62. The molecule has 1 aromatic carbocycles. The van der Waals surface area contributed by atoms with Crippen LogP contribution < -0.4 is 0 Å². The van der Waals surface area contributed by atoms with Gasteiger partial charge in [0.25, 0.3) is 5.69 Å². The van der Waals surface area contributed by atoms with Crippen LogP contribution in [0.2, 0.25) is 0 Å². The number of aliphatic hydroxyl groups is 1. The standard InChI is InChI=1S/C11H15NO3/c1-11(2,3)10-5-4-9(12(14)15)6-8(10)7-13/h4-6,13H,7H2,1-3H3. The number of nitro groups is 1. The minimum absolute atomic E-state index is 0.0204. The first kappa shape index (κ1) is 11.7. The van der Waals surface area contributed by atoms with Crippen LogP contribution in [0.15, 0.2) is 18.2 Å². The van der Waals surface area contributed by atoms with Gasteiger partial charge < -0.3 is 5.11 Å². The first-order chi connectivity index (χ1) is 6.86. The van der Waals surface area contributed by atoms with E-state index in [0.717, 1.165) is 5.56 Å². The molecule has 0 heterocycles. The number of hydrogen-bond acceptors (Lipinski definition) is 3. The van der Waals surface area contributed by atoms with Gasteiger partial charge in [0.1, 0.15) is 0 Å². The molecule has 0 atom stereocenters. The average Bonchev–Trinajstić information content (AvgIpc) is 2.15. The molecule has 0 spiro atoms. The van der Waals surface area contributed by atoms with Gasteiger partial charge in [-0.15, -0.1) is 0 Å². The molecule has 0 aliphatic heterocycles. The van der Waals surface area contributed by atoms with Gasteiger partial charge in [-0.2, -0.15) is 0 Å². The Bertz CT molecular complexity index is 380. The monoisotopic (exact) mass is 209 g/mol. The zero-order valence-electron chi connectivity index (χ0n) is 9.15. The van der Waals surface area contributed by atoms with E-state index in [-0.39, 0.29) is 17.7 Å². The molecule has 0 aliphatic rings. The normalized spacial score (nSPS) is 11.5. The summed E-state index contributed by atoms with van der Waals surface area (Å²) < 4.78 is 0. The second-order valence-corrected chi connectivity index (χ2v) is 4.51. The molecule has 0 aliphatic carbocycles. The molecule has 0 radical (unpaired) electrons. The van der Waals surface area contributed by atoms with Gasteiger partial charge in [0, 0.05) is 12.1 Å². The third kappa shape index (κ3) is 2.53. The maximum Gasteiger partial charge on any atom is 0.269 e. The molecule has 1 N–H and O–H groups in total. The van der Waals surface area contributed by atoms with Crippen molar-refractivity contribution in [1.82, 2.24) is 0 Å². The Hall–Kier alpha value is -1.42. The van der Waals surface area contributed by atoms with Gasteiger partial charge in [0.15, 0.2) is 0 Å². The molecular formula is C11H15NO3. The van der Waals surface area contributed by atoms with Crippen LogP contribution in [-0.4, -0.2) is 10.0 Å². The predicted octanol–water partition coefficient (Wildman–Crippen LogP) is 2.38. The number of aliphatic hydroxyl groups excluding tert-OH is 1. The Morgan fingerprint density at radius 2 is 2.00 bits per heavy atom. The van der Waals surface area contributed by atoms with Gasteiger partial charge in [0.2, 0.25) is 0 Å². The number of rotatable bonds is 2. The predicted molar refractivity (Wildman–Crippen MR) is 57.7 cm³/mol. The van der Waals surface area contributed by atoms with E-state index in [1.807, 2.05) is 20.8 Å². The summed E-state index contributed by atoms with van der Waals surface area (Å²) >= 11 is 0. The number of benzene rings is 1. The van der Waals surface area contributed by atoms with E-state index in [2.05, 4.69) is 0 Å². The first-order valence-electron chi connectivity index (χ1n) is 4.75. The summed E-state index contributed by atoms with van der Waals surface area (Å²) in [5.41, 5.74) is 1.46. The summed E-state index contributed by atoms with van der Waals surface area (Å²) in [6.07, 6.45) is 0. The van der Waals surface area contributed by atoms with Crippen molar-refractivity contribution in [3.63, 3.8) is 0 Å². The Kier molecular flexibility index (Phi) is 3.09. The number of nitrogens with zero attached hydrogens (tertiary/aromatic N) is 1. The van der Waals surface area contributed by atoms with Gasteiger partial charge in [-0.3, -0.25) is 10.1 Å². The van der Waals surface area contributed by atoms with Crippen LogP contribution in [0.25, 0.3) is 0 Å². The lowest BCUT2D eigenvalue weighted by atomic mass is 9.84. The van der Waals surface area contributed by atoms with E-state index in [1.165, 1.54) is 12.1 Å². The molecule has 0 fully saturated rings. The third-order valence-corrected chi connectivity index (χ3v) is 2.28. The summed E-state index contributed by atoms with van der Waals surface area (Å²) in [5, 5.41) is 19.7. The minimum atomic E-state index is -0.453. The highest BCUT2D eigenvalue weighted by molar-refractivity contribution is 5.42. The lowest BCUT2D eigenvalue weighted by molar-refractivity contribution is -0.385. The first-order valence-corrected chi connectivity index (χ1v) is 4.75. The second kappa shape index (κ2) is 3.98. The lowest BCUT2D eigenvalue weighted by Gasteiger charge is -2.21. The van der Waals surface area contributed by atoms with Gasteiger partial charge in [-0.1, -0.05) is 26.8 Å². The van der Waals surface area contributed by atoms with E-state index in [9.17, 15) is 10.1 Å². The van der Waals surface area contributed by atoms with E-state index >= 15 is 0 Å². The quantitative estimate of drug-likeness (QED) is 0.600. The van der Waals surface area contributed by atoms with Crippen molar-refractivity contribution in [2.45, 2.75) is 32.8 Å². The van der Waals surface area contributed by atoms with Crippen molar-refractivity contribution >= 4 is 5.69 Å². The minimum Gasteiger partial charge on any atom is -0.392 e. The van der Waals surface area contributed by atoms with Gasteiger partial charge in [-0.05, 0) is 16.5 Å². The maximum atomic E-state index is 10.6. The van der Waals surface area contributed by atoms with Crippen molar-refractivity contribution in [3.8, 4) is 0 Å². The zero-order valence-corrected chi connectivity index (χ0v) is 9.15. The van der Waals surface area contributed by atoms with Crippen LogP contribution in [0.4, 0.5) is 5.69 Å². The molecule has 0 bridgehead atoms. The fraction of sp³-hybridized carbons (Fsp3) is 0.455. The number of nitro benzene ring substituents is 1. The van der Waals surface area contributed by atoms with E-state index in [4.69, 9.17) is 5.11 Å². The van der Waals surface area contributed by atoms with Crippen LogP contribution >= 0.6 is 0 Å². The van der Waals surface area contributed by atoms with Crippen molar-refractivity contribution < 1.29 is 10.0 Å². The fourth-order valence-corrected chi connectivity index (χ4v) is 1.56. The molecule has 0 aromatic heterocycles. The Morgan fingerprint density at radius 1 is 1.40 bits per heavy atom. The maximum absolute atomic E-state index is 10.6. The van der Waals surface area contributed by atoms with Crippen LogP contribution in [0.5, 0.6) is 0 Å². The largest absolute Gasteiger partial charge is 0.392 e. The van der Waals surface area contributed by atoms with Crippen LogP contribution in [0, 0.1) is 10.1 Å². The molecule has 82 valence electrons. The Balaban J connectivity index is 3.27. The molecule has 4 nitrogen and oxygen atoms in total. The van der Waals surface area contributed by atoms with E-state index in [0.29, 0.717) is 5.56 Å². The Labute approximate surface area is 88.7 Å². The molecule has 0 saturated carbocycles. The van der Waals surface area contributed by atoms with Crippen molar-refractivity contribution in [2.75, 3.05) is 0 Å². The molecule has 0 saturated heterocycles. The molecule has 1 aromatic rings. The highest BCUT2D eigenvalue weighted by Gasteiger charge is 2.19. The highest BCUT2D eigenvalue weighted by atomic mass is 16.6. The smallest absolute Gasteiger partial charge is 0.269 e. The molecule has 15 heavy (non-hydrogen) atoms. The molecule has 1 rings (SSSR count). The van der Waals surface area contributed by atoms with Crippen molar-refractivity contribution in [3.05, 3.63) is 39.4 Å². The summed E-state index contributed by atoms with van der Waals surface area (Å²) in [4.78, 5) is 10.1. The van der Waals surface area contributed by atoms with Crippen LogP contribution in [-0.2, 0) is 12.0 Å². The van der Waals surface area contributed by atoms with Gasteiger partial charge >= 0.3 is 0 Å². The summed E-state index contributed by atoms with van der Waals surface area (Å²) in [7, 11) is 0. The van der Waals surface area contributed by atoms with Crippen molar-refractivity contribution in [2.24, 2.45) is 0 Å². The summed E-state index contributed by atoms with van der Waals surface area (Å²) in [5.74, 6) is 0. The zero-order chi connectivity index (χ0) is 11.6. The van der Waals surface area contributed by atoms with Crippen LogP contribution in [0.1, 0.15) is 31.9 Å². The molecular weight excluding hydrogens is 194 g/mol.